The lowest BCUT2D eigenvalue weighted by atomic mass is 9.74. The van der Waals surface area contributed by atoms with E-state index >= 15 is 0 Å². The van der Waals surface area contributed by atoms with E-state index in [1.54, 1.807) is 0 Å². The van der Waals surface area contributed by atoms with Gasteiger partial charge in [-0.05, 0) is 69.7 Å². The average Bonchev–Trinajstić information content (AvgIpc) is 2.35. The predicted octanol–water partition coefficient (Wildman–Crippen LogP) is 4.14. The Morgan fingerprint density at radius 3 is 2.32 bits per heavy atom. The molecule has 0 aliphatic heterocycles. The summed E-state index contributed by atoms with van der Waals surface area (Å²) in [4.78, 5) is 0. The molecule has 1 N–H and O–H groups in total. The summed E-state index contributed by atoms with van der Waals surface area (Å²) < 4.78 is 6.53. The summed E-state index contributed by atoms with van der Waals surface area (Å²) in [5.41, 5.74) is 0.158. The van der Waals surface area contributed by atoms with E-state index in [9.17, 15) is 0 Å². The Morgan fingerprint density at radius 2 is 1.84 bits per heavy atom. The van der Waals surface area contributed by atoms with Crippen LogP contribution in [-0.4, -0.2) is 24.8 Å². The second-order valence-corrected chi connectivity index (χ2v) is 7.11. The number of hydrogen-bond acceptors (Lipinski definition) is 2. The van der Waals surface area contributed by atoms with Crippen LogP contribution in [0.15, 0.2) is 0 Å². The molecule has 0 unspecified atom stereocenters. The molecule has 0 aromatic heterocycles. The molecule has 2 aliphatic carbocycles. The van der Waals surface area contributed by atoms with Gasteiger partial charge in [-0.1, -0.05) is 20.8 Å². The van der Waals surface area contributed by atoms with Gasteiger partial charge in [0.2, 0.25) is 0 Å². The summed E-state index contributed by atoms with van der Waals surface area (Å²) in [6.45, 7) is 9.19. The van der Waals surface area contributed by atoms with Crippen molar-refractivity contribution in [2.75, 3.05) is 13.1 Å². The fraction of sp³-hybridized carbons (Fsp3) is 1.00. The molecule has 2 saturated carbocycles. The normalized spacial score (nSPS) is 32.5. The maximum Gasteiger partial charge on any atom is 0.0810 e. The van der Waals surface area contributed by atoms with Crippen LogP contribution in [-0.2, 0) is 4.74 Å². The molecule has 0 spiro atoms. The van der Waals surface area contributed by atoms with Gasteiger partial charge in [-0.2, -0.15) is 0 Å². The van der Waals surface area contributed by atoms with Crippen molar-refractivity contribution in [1.82, 2.24) is 5.32 Å². The molecule has 2 rings (SSSR count). The zero-order valence-electron chi connectivity index (χ0n) is 13.2. The maximum atomic E-state index is 6.53. The first-order valence-electron chi connectivity index (χ1n) is 8.54. The standard InChI is InChI=1S/C17H33NO/c1-4-12-18-13-17(19-16-6-5-7-16)10-8-15(9-11-17)14(2)3/h14-16,18H,4-13H2,1-3H3. The number of rotatable bonds is 7. The zero-order valence-corrected chi connectivity index (χ0v) is 13.2. The van der Waals surface area contributed by atoms with Crippen molar-refractivity contribution in [3.05, 3.63) is 0 Å². The van der Waals surface area contributed by atoms with Crippen molar-refractivity contribution in [2.45, 2.75) is 83.8 Å². The molecule has 0 bridgehead atoms. The molecule has 2 aliphatic rings. The largest absolute Gasteiger partial charge is 0.370 e. The summed E-state index contributed by atoms with van der Waals surface area (Å²) >= 11 is 0. The van der Waals surface area contributed by atoms with Crippen LogP contribution in [0.3, 0.4) is 0 Å². The van der Waals surface area contributed by atoms with Crippen LogP contribution in [0, 0.1) is 11.8 Å². The van der Waals surface area contributed by atoms with Crippen LogP contribution in [0.25, 0.3) is 0 Å². The van der Waals surface area contributed by atoms with Crippen molar-refractivity contribution in [3.8, 4) is 0 Å². The molecule has 0 atom stereocenters. The van der Waals surface area contributed by atoms with Gasteiger partial charge in [-0.15, -0.1) is 0 Å². The Labute approximate surface area is 119 Å². The minimum absolute atomic E-state index is 0.158. The van der Waals surface area contributed by atoms with E-state index in [0.29, 0.717) is 6.10 Å². The molecule has 112 valence electrons. The van der Waals surface area contributed by atoms with E-state index in [4.69, 9.17) is 4.74 Å². The summed E-state index contributed by atoms with van der Waals surface area (Å²) in [6, 6.07) is 0. The Morgan fingerprint density at radius 1 is 1.16 bits per heavy atom. The molecule has 2 heteroatoms. The molecule has 0 radical (unpaired) electrons. The molecule has 0 aromatic rings. The second kappa shape index (κ2) is 7.08. The fourth-order valence-electron chi connectivity index (χ4n) is 3.50. The maximum absolute atomic E-state index is 6.53. The van der Waals surface area contributed by atoms with E-state index in [2.05, 4.69) is 26.1 Å². The molecule has 0 saturated heterocycles. The molecule has 2 fully saturated rings. The Kier molecular flexibility index (Phi) is 5.70. The van der Waals surface area contributed by atoms with Crippen LogP contribution in [0.4, 0.5) is 0 Å². The Hall–Kier alpha value is -0.0800. The number of hydrogen-bond donors (Lipinski definition) is 1. The highest BCUT2D eigenvalue weighted by molar-refractivity contribution is 4.92. The average molecular weight is 267 g/mol. The quantitative estimate of drug-likeness (QED) is 0.700. The fourth-order valence-corrected chi connectivity index (χ4v) is 3.50. The lowest BCUT2D eigenvalue weighted by Crippen LogP contribution is -2.49. The van der Waals surface area contributed by atoms with E-state index in [0.717, 1.165) is 24.9 Å². The van der Waals surface area contributed by atoms with Gasteiger partial charge in [-0.3, -0.25) is 0 Å². The zero-order chi connectivity index (χ0) is 13.7. The van der Waals surface area contributed by atoms with Gasteiger partial charge in [-0.25, -0.2) is 0 Å². The molecule has 19 heavy (non-hydrogen) atoms. The summed E-state index contributed by atoms with van der Waals surface area (Å²) in [6.07, 6.45) is 11.0. The molecular formula is C17H33NO. The molecule has 0 amide bonds. The van der Waals surface area contributed by atoms with Crippen molar-refractivity contribution >= 4 is 0 Å². The van der Waals surface area contributed by atoms with Gasteiger partial charge in [0.05, 0.1) is 11.7 Å². The number of nitrogens with one attached hydrogen (secondary N) is 1. The highest BCUT2D eigenvalue weighted by atomic mass is 16.5. The smallest absolute Gasteiger partial charge is 0.0810 e. The van der Waals surface area contributed by atoms with E-state index in [1.165, 1.54) is 51.4 Å². The highest BCUT2D eigenvalue weighted by Gasteiger charge is 2.39. The first-order valence-corrected chi connectivity index (χ1v) is 8.54. The third-order valence-corrected chi connectivity index (χ3v) is 5.23. The van der Waals surface area contributed by atoms with Crippen molar-refractivity contribution < 1.29 is 4.74 Å². The third kappa shape index (κ3) is 4.19. The van der Waals surface area contributed by atoms with Gasteiger partial charge in [0.1, 0.15) is 0 Å². The van der Waals surface area contributed by atoms with E-state index in [1.807, 2.05) is 0 Å². The van der Waals surface area contributed by atoms with Crippen LogP contribution in [0.5, 0.6) is 0 Å². The minimum atomic E-state index is 0.158. The monoisotopic (exact) mass is 267 g/mol. The molecule has 2 nitrogen and oxygen atoms in total. The summed E-state index contributed by atoms with van der Waals surface area (Å²) in [7, 11) is 0. The minimum Gasteiger partial charge on any atom is -0.370 e. The van der Waals surface area contributed by atoms with Gasteiger partial charge >= 0.3 is 0 Å². The third-order valence-electron chi connectivity index (χ3n) is 5.23. The van der Waals surface area contributed by atoms with E-state index in [-0.39, 0.29) is 5.60 Å². The first kappa shape index (κ1) is 15.3. The van der Waals surface area contributed by atoms with Crippen LogP contribution in [0.1, 0.15) is 72.1 Å². The summed E-state index contributed by atoms with van der Waals surface area (Å²) in [5.74, 6) is 1.76. The van der Waals surface area contributed by atoms with Gasteiger partial charge in [0, 0.05) is 6.54 Å². The SMILES string of the molecule is CCCNCC1(OC2CCC2)CCC(C(C)C)CC1. The number of ether oxygens (including phenoxy) is 1. The van der Waals surface area contributed by atoms with Crippen LogP contribution >= 0.6 is 0 Å². The van der Waals surface area contributed by atoms with Crippen molar-refractivity contribution in [1.29, 1.82) is 0 Å². The molecular weight excluding hydrogens is 234 g/mol. The van der Waals surface area contributed by atoms with Crippen LogP contribution < -0.4 is 5.32 Å². The highest BCUT2D eigenvalue weighted by Crippen LogP contribution is 2.40. The molecule has 0 heterocycles. The summed E-state index contributed by atoms with van der Waals surface area (Å²) in [5, 5.41) is 3.62. The van der Waals surface area contributed by atoms with Gasteiger partial charge < -0.3 is 10.1 Å². The first-order chi connectivity index (χ1) is 9.15. The van der Waals surface area contributed by atoms with Crippen LogP contribution in [0.2, 0.25) is 0 Å². The van der Waals surface area contributed by atoms with Crippen molar-refractivity contribution in [2.24, 2.45) is 11.8 Å². The lowest BCUT2D eigenvalue weighted by Gasteiger charge is -2.45. The van der Waals surface area contributed by atoms with Gasteiger partial charge in [0.25, 0.3) is 0 Å². The lowest BCUT2D eigenvalue weighted by molar-refractivity contribution is -0.142. The van der Waals surface area contributed by atoms with Gasteiger partial charge in [0.15, 0.2) is 0 Å². The Bertz CT molecular complexity index is 252. The second-order valence-electron chi connectivity index (χ2n) is 7.11. The Balaban J connectivity index is 1.87. The molecule has 0 aromatic carbocycles. The topological polar surface area (TPSA) is 21.3 Å². The predicted molar refractivity (Wildman–Crippen MR) is 81.4 cm³/mol. The van der Waals surface area contributed by atoms with Crippen molar-refractivity contribution in [3.63, 3.8) is 0 Å². The van der Waals surface area contributed by atoms with E-state index < -0.39 is 0 Å².